The van der Waals surface area contributed by atoms with E-state index in [1.165, 1.54) is 31.2 Å². The summed E-state index contributed by atoms with van der Waals surface area (Å²) in [5.74, 6) is -0.527. The van der Waals surface area contributed by atoms with Crippen molar-refractivity contribution in [1.82, 2.24) is 0 Å². The van der Waals surface area contributed by atoms with Crippen LogP contribution in [0.4, 0.5) is 17.1 Å². The van der Waals surface area contributed by atoms with Gasteiger partial charge in [0.05, 0.1) is 26.5 Å². The molecule has 10 nitrogen and oxygen atoms in total. The highest BCUT2D eigenvalue weighted by atomic mass is 32.2. The number of benzene rings is 2. The van der Waals surface area contributed by atoms with Crippen LogP contribution in [0.25, 0.3) is 0 Å². The molecule has 0 fully saturated rings. The van der Waals surface area contributed by atoms with Crippen LogP contribution < -0.4 is 5.32 Å². The number of nitro groups is 2. The molecule has 0 saturated carbocycles. The van der Waals surface area contributed by atoms with Crippen LogP contribution >= 0.6 is 0 Å². The topological polar surface area (TPSA) is 150 Å². The molecule has 25 heavy (non-hydrogen) atoms. The van der Waals surface area contributed by atoms with Crippen LogP contribution in [-0.2, 0) is 14.6 Å². The fraction of sp³-hybridized carbons (Fsp3) is 0.0714. The normalized spacial score (nSPS) is 10.9. The monoisotopic (exact) mass is 365 g/mol. The lowest BCUT2D eigenvalue weighted by atomic mass is 10.3. The van der Waals surface area contributed by atoms with Gasteiger partial charge in [0.25, 0.3) is 11.4 Å². The lowest BCUT2D eigenvalue weighted by Crippen LogP contribution is -2.12. The summed E-state index contributed by atoms with van der Waals surface area (Å²) in [4.78, 5) is 30.2. The van der Waals surface area contributed by atoms with E-state index in [0.29, 0.717) is 6.07 Å². The molecule has 0 bridgehead atoms. The van der Waals surface area contributed by atoms with Gasteiger partial charge >= 0.3 is 0 Å². The van der Waals surface area contributed by atoms with Crippen LogP contribution in [0.3, 0.4) is 0 Å². The summed E-state index contributed by atoms with van der Waals surface area (Å²) in [5, 5.41) is 24.3. The van der Waals surface area contributed by atoms with E-state index < -0.39 is 41.9 Å². The molecule has 0 spiro atoms. The Labute approximate surface area is 141 Å². The zero-order valence-electron chi connectivity index (χ0n) is 12.7. The Kier molecular flexibility index (Phi) is 4.79. The molecule has 0 saturated heterocycles. The summed E-state index contributed by atoms with van der Waals surface area (Å²) < 4.78 is 25.6. The van der Waals surface area contributed by atoms with Crippen LogP contribution in [0.5, 0.6) is 0 Å². The van der Waals surface area contributed by atoms with Gasteiger partial charge in [0.1, 0.15) is 4.90 Å². The average molecular weight is 365 g/mol. The van der Waals surface area contributed by atoms with E-state index in [1.807, 2.05) is 0 Å². The highest BCUT2D eigenvalue weighted by Gasteiger charge is 2.31. The van der Waals surface area contributed by atoms with Crippen LogP contribution in [0.1, 0.15) is 6.92 Å². The number of carbonyl (C=O) groups excluding carboxylic acids is 1. The van der Waals surface area contributed by atoms with Crippen molar-refractivity contribution in [3.05, 3.63) is 62.7 Å². The van der Waals surface area contributed by atoms with Gasteiger partial charge in [-0.1, -0.05) is 12.1 Å². The first-order valence-electron chi connectivity index (χ1n) is 6.69. The molecule has 0 aromatic heterocycles. The largest absolute Gasteiger partial charge is 0.325 e. The Morgan fingerprint density at radius 2 is 1.64 bits per heavy atom. The fourth-order valence-electron chi connectivity index (χ4n) is 2.10. The first-order chi connectivity index (χ1) is 11.6. The molecular formula is C14H11N3O7S. The Morgan fingerprint density at radius 3 is 2.20 bits per heavy atom. The molecular weight excluding hydrogens is 354 g/mol. The Morgan fingerprint density at radius 1 is 1.00 bits per heavy atom. The van der Waals surface area contributed by atoms with E-state index >= 15 is 0 Å². The number of sulfone groups is 1. The van der Waals surface area contributed by atoms with Gasteiger partial charge < -0.3 is 5.32 Å². The second-order valence-corrected chi connectivity index (χ2v) is 6.73. The van der Waals surface area contributed by atoms with Gasteiger partial charge in [-0.25, -0.2) is 8.42 Å². The Balaban J connectivity index is 2.71. The smallest absolute Gasteiger partial charge is 0.295 e. The number of anilines is 1. The summed E-state index contributed by atoms with van der Waals surface area (Å²) >= 11 is 0. The number of para-hydroxylation sites is 1. The molecule has 1 amide bonds. The molecule has 2 rings (SSSR count). The molecule has 11 heteroatoms. The number of nitrogens with zero attached hydrogens (tertiary/aromatic N) is 2. The van der Waals surface area contributed by atoms with Gasteiger partial charge in [-0.2, -0.15) is 0 Å². The highest BCUT2D eigenvalue weighted by Crippen LogP contribution is 2.35. The zero-order valence-corrected chi connectivity index (χ0v) is 13.5. The summed E-state index contributed by atoms with van der Waals surface area (Å²) in [6.45, 7) is 1.18. The second kappa shape index (κ2) is 6.65. The summed E-state index contributed by atoms with van der Waals surface area (Å²) in [6, 6.07) is 7.60. The van der Waals surface area contributed by atoms with Crippen LogP contribution in [0.2, 0.25) is 0 Å². The van der Waals surface area contributed by atoms with Crippen molar-refractivity contribution >= 4 is 32.8 Å². The standard InChI is InChI=1S/C14H11N3O7S/c1-9(18)15-11-4-2-3-5-13(11)25(23,24)14-7-6-10(16(19)20)8-12(14)17(21)22/h2-8H,1H3,(H,15,18). The minimum Gasteiger partial charge on any atom is -0.325 e. The van der Waals surface area contributed by atoms with E-state index in [0.717, 1.165) is 12.1 Å². The summed E-state index contributed by atoms with van der Waals surface area (Å²) in [5.41, 5.74) is -1.59. The molecule has 0 aliphatic carbocycles. The van der Waals surface area contributed by atoms with Gasteiger partial charge in [-0.3, -0.25) is 25.0 Å². The van der Waals surface area contributed by atoms with Gasteiger partial charge in [0, 0.05) is 13.0 Å². The minimum absolute atomic E-state index is 0.0531. The third-order valence-electron chi connectivity index (χ3n) is 3.13. The number of carbonyl (C=O) groups is 1. The van der Waals surface area contributed by atoms with Crippen molar-refractivity contribution in [1.29, 1.82) is 0 Å². The number of nitro benzene ring substituents is 2. The third kappa shape index (κ3) is 3.61. The van der Waals surface area contributed by atoms with Crippen molar-refractivity contribution in [2.75, 3.05) is 5.32 Å². The first-order valence-corrected chi connectivity index (χ1v) is 8.17. The van der Waals surface area contributed by atoms with Gasteiger partial charge in [0.2, 0.25) is 15.7 Å². The van der Waals surface area contributed by atoms with Crippen molar-refractivity contribution in [2.45, 2.75) is 16.7 Å². The molecule has 2 aromatic carbocycles. The van der Waals surface area contributed by atoms with E-state index in [4.69, 9.17) is 0 Å². The summed E-state index contributed by atoms with van der Waals surface area (Å²) in [6.07, 6.45) is 0. The van der Waals surface area contributed by atoms with E-state index in [-0.39, 0.29) is 10.6 Å². The SMILES string of the molecule is CC(=O)Nc1ccccc1S(=O)(=O)c1ccc([N+](=O)[O-])cc1[N+](=O)[O-]. The van der Waals surface area contributed by atoms with Crippen LogP contribution in [-0.4, -0.2) is 24.2 Å². The molecule has 0 aliphatic rings. The number of hydrogen-bond donors (Lipinski definition) is 1. The van der Waals surface area contributed by atoms with Crippen molar-refractivity contribution in [3.8, 4) is 0 Å². The molecule has 0 aliphatic heterocycles. The maximum Gasteiger partial charge on any atom is 0.295 e. The lowest BCUT2D eigenvalue weighted by Gasteiger charge is -2.11. The zero-order chi connectivity index (χ0) is 18.8. The van der Waals surface area contributed by atoms with Crippen LogP contribution in [0.15, 0.2) is 52.3 Å². The van der Waals surface area contributed by atoms with E-state index in [1.54, 1.807) is 0 Å². The van der Waals surface area contributed by atoms with Gasteiger partial charge in [0.15, 0.2) is 0 Å². The maximum atomic E-state index is 12.8. The number of non-ortho nitro benzene ring substituents is 1. The second-order valence-electron chi connectivity index (χ2n) is 4.85. The number of nitrogens with one attached hydrogen (secondary N) is 1. The highest BCUT2D eigenvalue weighted by molar-refractivity contribution is 7.91. The maximum absolute atomic E-state index is 12.8. The van der Waals surface area contributed by atoms with Gasteiger partial charge in [-0.15, -0.1) is 0 Å². The predicted octanol–water partition coefficient (Wildman–Crippen LogP) is 2.29. The molecule has 1 N–H and O–H groups in total. The van der Waals surface area contributed by atoms with E-state index in [2.05, 4.69) is 5.32 Å². The minimum atomic E-state index is -4.41. The number of amides is 1. The first kappa shape index (κ1) is 18.0. The van der Waals surface area contributed by atoms with E-state index in [9.17, 15) is 33.4 Å². The molecule has 2 aromatic rings. The van der Waals surface area contributed by atoms with Crippen molar-refractivity contribution in [2.24, 2.45) is 0 Å². The van der Waals surface area contributed by atoms with Gasteiger partial charge in [-0.05, 0) is 18.2 Å². The molecule has 0 heterocycles. The molecule has 0 radical (unpaired) electrons. The van der Waals surface area contributed by atoms with Crippen LogP contribution in [0, 0.1) is 20.2 Å². The quantitative estimate of drug-likeness (QED) is 0.630. The number of rotatable bonds is 5. The summed E-state index contributed by atoms with van der Waals surface area (Å²) in [7, 11) is -4.41. The fourth-order valence-corrected chi connectivity index (χ4v) is 3.66. The average Bonchev–Trinajstić information content (AvgIpc) is 2.53. The molecule has 0 atom stereocenters. The Hall–Kier alpha value is -3.34. The third-order valence-corrected chi connectivity index (χ3v) is 4.99. The predicted molar refractivity (Wildman–Crippen MR) is 85.9 cm³/mol. The Bertz CT molecular complexity index is 986. The molecule has 130 valence electrons. The molecule has 0 unspecified atom stereocenters. The number of hydrogen-bond acceptors (Lipinski definition) is 7. The lowest BCUT2D eigenvalue weighted by molar-refractivity contribution is -0.396. The van der Waals surface area contributed by atoms with Crippen molar-refractivity contribution in [3.63, 3.8) is 0 Å². The van der Waals surface area contributed by atoms with Crippen molar-refractivity contribution < 1.29 is 23.1 Å².